The van der Waals surface area contributed by atoms with Crippen LogP contribution in [0.3, 0.4) is 0 Å². The lowest BCUT2D eigenvalue weighted by atomic mass is 10.2. The van der Waals surface area contributed by atoms with Crippen LogP contribution in [-0.4, -0.2) is 24.2 Å². The van der Waals surface area contributed by atoms with Gasteiger partial charge in [-0.3, -0.25) is 9.59 Å². The van der Waals surface area contributed by atoms with Gasteiger partial charge in [-0.2, -0.15) is 0 Å². The van der Waals surface area contributed by atoms with Crippen molar-refractivity contribution in [1.29, 1.82) is 0 Å². The van der Waals surface area contributed by atoms with Gasteiger partial charge in [0, 0.05) is 15.3 Å². The lowest BCUT2D eigenvalue weighted by Crippen LogP contribution is -2.19. The molecule has 1 atom stereocenters. The molecule has 0 radical (unpaired) electrons. The summed E-state index contributed by atoms with van der Waals surface area (Å²) < 4.78 is 19.0. The molecular weight excluding hydrogens is 361 g/mol. The Morgan fingerprint density at radius 1 is 1.33 bits per heavy atom. The normalized spacial score (nSPS) is 12.1. The standard InChI is InChI=1S/C14H17BrFNO3S/c1-7(2)13(18)17-11-6-12(9(15)5-10(11)16)21-8(3)14(19)20-4/h5-8H,1-4H3,(H,17,18). The SMILES string of the molecule is COC(=O)C(C)Sc1cc(NC(=O)C(C)C)c(F)cc1Br. The quantitative estimate of drug-likeness (QED) is 0.625. The zero-order chi connectivity index (χ0) is 16.2. The number of hydrogen-bond acceptors (Lipinski definition) is 4. The molecule has 0 heterocycles. The second-order valence-electron chi connectivity index (χ2n) is 4.69. The van der Waals surface area contributed by atoms with E-state index in [0.717, 1.165) is 0 Å². The molecule has 0 aliphatic heterocycles. The molecule has 0 spiro atoms. The number of methoxy groups -OCH3 is 1. The molecule has 1 N–H and O–H groups in total. The van der Waals surface area contributed by atoms with E-state index in [1.54, 1.807) is 20.8 Å². The predicted molar refractivity (Wildman–Crippen MR) is 84.9 cm³/mol. The highest BCUT2D eigenvalue weighted by atomic mass is 79.9. The smallest absolute Gasteiger partial charge is 0.318 e. The van der Waals surface area contributed by atoms with Crippen molar-refractivity contribution in [3.8, 4) is 0 Å². The summed E-state index contributed by atoms with van der Waals surface area (Å²) in [7, 11) is 1.31. The van der Waals surface area contributed by atoms with Gasteiger partial charge in [-0.15, -0.1) is 11.8 Å². The molecule has 1 rings (SSSR count). The summed E-state index contributed by atoms with van der Waals surface area (Å²) in [4.78, 5) is 23.8. The number of nitrogens with one attached hydrogen (secondary N) is 1. The number of rotatable bonds is 5. The molecule has 1 amide bonds. The first kappa shape index (κ1) is 18.0. The minimum absolute atomic E-state index is 0.0939. The molecule has 0 bridgehead atoms. The molecule has 21 heavy (non-hydrogen) atoms. The first-order valence-electron chi connectivity index (χ1n) is 6.30. The Labute approximate surface area is 135 Å². The molecule has 7 heteroatoms. The van der Waals surface area contributed by atoms with Gasteiger partial charge in [0.15, 0.2) is 0 Å². The average Bonchev–Trinajstić information content (AvgIpc) is 2.42. The molecule has 4 nitrogen and oxygen atoms in total. The molecule has 0 aromatic heterocycles. The summed E-state index contributed by atoms with van der Waals surface area (Å²) in [5, 5.41) is 2.09. The highest BCUT2D eigenvalue weighted by Gasteiger charge is 2.19. The van der Waals surface area contributed by atoms with E-state index in [9.17, 15) is 14.0 Å². The maximum absolute atomic E-state index is 13.9. The number of hydrogen-bond donors (Lipinski definition) is 1. The number of ether oxygens (including phenoxy) is 1. The van der Waals surface area contributed by atoms with Crippen LogP contribution in [-0.2, 0) is 14.3 Å². The second kappa shape index (κ2) is 7.79. The van der Waals surface area contributed by atoms with Crippen LogP contribution in [0.4, 0.5) is 10.1 Å². The second-order valence-corrected chi connectivity index (χ2v) is 6.93. The van der Waals surface area contributed by atoms with Gasteiger partial charge >= 0.3 is 5.97 Å². The van der Waals surface area contributed by atoms with E-state index in [0.29, 0.717) is 9.37 Å². The van der Waals surface area contributed by atoms with Crippen molar-refractivity contribution >= 4 is 45.3 Å². The van der Waals surface area contributed by atoms with E-state index in [1.807, 2.05) is 0 Å². The van der Waals surface area contributed by atoms with Crippen LogP contribution >= 0.6 is 27.7 Å². The summed E-state index contributed by atoms with van der Waals surface area (Å²) in [5.41, 5.74) is 0.0939. The summed E-state index contributed by atoms with van der Waals surface area (Å²) in [6.45, 7) is 5.14. The molecule has 1 aromatic carbocycles. The van der Waals surface area contributed by atoms with E-state index < -0.39 is 11.1 Å². The van der Waals surface area contributed by atoms with Crippen molar-refractivity contribution in [3.63, 3.8) is 0 Å². The van der Waals surface area contributed by atoms with Crippen molar-refractivity contribution in [2.75, 3.05) is 12.4 Å². The van der Waals surface area contributed by atoms with Gasteiger partial charge in [0.25, 0.3) is 0 Å². The molecule has 0 aliphatic rings. The van der Waals surface area contributed by atoms with Gasteiger partial charge in [0.1, 0.15) is 11.1 Å². The minimum atomic E-state index is -0.536. The Hall–Kier alpha value is -1.08. The number of anilines is 1. The lowest BCUT2D eigenvalue weighted by molar-refractivity contribution is -0.139. The number of carbonyl (C=O) groups is 2. The van der Waals surface area contributed by atoms with Crippen LogP contribution in [0.2, 0.25) is 0 Å². The Balaban J connectivity index is 3.00. The van der Waals surface area contributed by atoms with Crippen molar-refractivity contribution in [2.24, 2.45) is 5.92 Å². The zero-order valence-electron chi connectivity index (χ0n) is 12.2. The number of amides is 1. The molecule has 0 fully saturated rings. The largest absolute Gasteiger partial charge is 0.468 e. The number of esters is 1. The van der Waals surface area contributed by atoms with Crippen LogP contribution < -0.4 is 5.32 Å². The predicted octanol–water partition coefficient (Wildman–Crippen LogP) is 3.84. The van der Waals surface area contributed by atoms with Gasteiger partial charge in [-0.05, 0) is 35.0 Å². The van der Waals surface area contributed by atoms with E-state index >= 15 is 0 Å². The fourth-order valence-corrected chi connectivity index (χ4v) is 2.92. The fraction of sp³-hybridized carbons (Fsp3) is 0.429. The van der Waals surface area contributed by atoms with Gasteiger partial charge in [0.2, 0.25) is 5.91 Å². The van der Waals surface area contributed by atoms with E-state index in [-0.39, 0.29) is 23.5 Å². The van der Waals surface area contributed by atoms with Crippen LogP contribution in [0.15, 0.2) is 21.5 Å². The number of halogens is 2. The molecule has 0 saturated carbocycles. The minimum Gasteiger partial charge on any atom is -0.468 e. The van der Waals surface area contributed by atoms with Crippen molar-refractivity contribution in [2.45, 2.75) is 30.9 Å². The Morgan fingerprint density at radius 3 is 2.48 bits per heavy atom. The number of thioether (sulfide) groups is 1. The van der Waals surface area contributed by atoms with Crippen LogP contribution in [0, 0.1) is 11.7 Å². The molecule has 1 unspecified atom stereocenters. The first-order chi connectivity index (χ1) is 9.76. The maximum Gasteiger partial charge on any atom is 0.318 e. The topological polar surface area (TPSA) is 55.4 Å². The molecule has 0 saturated heterocycles. The van der Waals surface area contributed by atoms with E-state index in [2.05, 4.69) is 26.0 Å². The summed E-state index contributed by atoms with van der Waals surface area (Å²) in [6, 6.07) is 2.77. The van der Waals surface area contributed by atoms with Crippen molar-refractivity contribution in [3.05, 3.63) is 22.4 Å². The third-order valence-electron chi connectivity index (χ3n) is 2.64. The fourth-order valence-electron chi connectivity index (χ4n) is 1.40. The average molecular weight is 378 g/mol. The van der Waals surface area contributed by atoms with E-state index in [1.165, 1.54) is 31.0 Å². The lowest BCUT2D eigenvalue weighted by Gasteiger charge is -2.14. The van der Waals surface area contributed by atoms with Crippen LogP contribution in [0.5, 0.6) is 0 Å². The van der Waals surface area contributed by atoms with Gasteiger partial charge < -0.3 is 10.1 Å². The monoisotopic (exact) mass is 377 g/mol. The highest BCUT2D eigenvalue weighted by molar-refractivity contribution is 9.10. The first-order valence-corrected chi connectivity index (χ1v) is 7.98. The van der Waals surface area contributed by atoms with Gasteiger partial charge in [0.05, 0.1) is 12.8 Å². The highest BCUT2D eigenvalue weighted by Crippen LogP contribution is 2.35. The molecule has 0 aliphatic carbocycles. The number of benzene rings is 1. The molecule has 1 aromatic rings. The molecular formula is C14H17BrFNO3S. The van der Waals surface area contributed by atoms with Crippen molar-refractivity contribution < 1.29 is 18.7 Å². The van der Waals surface area contributed by atoms with E-state index in [4.69, 9.17) is 0 Å². The number of carbonyl (C=O) groups excluding carboxylic acids is 2. The summed E-state index contributed by atoms with van der Waals surface area (Å²) >= 11 is 4.47. The Kier molecular flexibility index (Phi) is 6.67. The van der Waals surface area contributed by atoms with Crippen LogP contribution in [0.25, 0.3) is 0 Å². The summed E-state index contributed by atoms with van der Waals surface area (Å²) in [6.07, 6.45) is 0. The third-order valence-corrected chi connectivity index (χ3v) is 4.70. The third kappa shape index (κ3) is 5.00. The molecule has 116 valence electrons. The van der Waals surface area contributed by atoms with Crippen molar-refractivity contribution in [1.82, 2.24) is 0 Å². The van der Waals surface area contributed by atoms with Gasteiger partial charge in [-0.1, -0.05) is 13.8 Å². The summed E-state index contributed by atoms with van der Waals surface area (Å²) in [5.74, 6) is -1.43. The van der Waals surface area contributed by atoms with Gasteiger partial charge in [-0.25, -0.2) is 4.39 Å². The zero-order valence-corrected chi connectivity index (χ0v) is 14.6. The maximum atomic E-state index is 13.9. The van der Waals surface area contributed by atoms with Crippen LogP contribution in [0.1, 0.15) is 20.8 Å². The Morgan fingerprint density at radius 2 is 1.95 bits per heavy atom. The Bertz CT molecular complexity index is 551.